The van der Waals surface area contributed by atoms with E-state index < -0.39 is 5.82 Å². The van der Waals surface area contributed by atoms with E-state index in [0.717, 1.165) is 17.7 Å². The first-order valence-corrected chi connectivity index (χ1v) is 6.05. The lowest BCUT2D eigenvalue weighted by molar-refractivity contribution is 0.410. The molecule has 0 aliphatic carbocycles. The van der Waals surface area contributed by atoms with Gasteiger partial charge in [-0.1, -0.05) is 18.2 Å². The Bertz CT molecular complexity index is 560. The van der Waals surface area contributed by atoms with Crippen LogP contribution in [-0.4, -0.2) is 23.6 Å². The van der Waals surface area contributed by atoms with E-state index in [9.17, 15) is 4.39 Å². The van der Waals surface area contributed by atoms with E-state index in [-0.39, 0.29) is 5.82 Å². The number of benzene rings is 1. The lowest BCUT2D eigenvalue weighted by Crippen LogP contribution is -2.09. The number of aromatic nitrogens is 2. The Balaban J connectivity index is 1.98. The minimum atomic E-state index is -0.400. The van der Waals surface area contributed by atoms with Crippen molar-refractivity contribution in [2.75, 3.05) is 19.0 Å². The first-order valence-electron chi connectivity index (χ1n) is 6.05. The second-order valence-corrected chi connectivity index (χ2v) is 4.11. The lowest BCUT2D eigenvalue weighted by atomic mass is 10.1. The molecule has 1 N–H and O–H groups in total. The number of rotatable bonds is 5. The number of halogens is 1. The van der Waals surface area contributed by atoms with Crippen molar-refractivity contribution >= 4 is 5.82 Å². The molecule has 1 aromatic heterocycles. The zero-order chi connectivity index (χ0) is 13.7. The van der Waals surface area contributed by atoms with Crippen molar-refractivity contribution in [3.05, 3.63) is 47.7 Å². The summed E-state index contributed by atoms with van der Waals surface area (Å²) in [5, 5.41) is 2.97. The molecular formula is C14H16FN3O. The Morgan fingerprint density at radius 1 is 1.26 bits per heavy atom. The molecule has 2 aromatic rings. The van der Waals surface area contributed by atoms with Gasteiger partial charge in [-0.3, -0.25) is 0 Å². The van der Waals surface area contributed by atoms with Gasteiger partial charge in [-0.25, -0.2) is 14.4 Å². The van der Waals surface area contributed by atoms with E-state index in [1.807, 2.05) is 24.3 Å². The van der Waals surface area contributed by atoms with Crippen LogP contribution in [0.25, 0.3) is 0 Å². The maximum absolute atomic E-state index is 13.7. The number of hydrogen-bond donors (Lipinski definition) is 1. The highest BCUT2D eigenvalue weighted by molar-refractivity contribution is 5.38. The average Bonchev–Trinajstić information content (AvgIpc) is 2.44. The Kier molecular flexibility index (Phi) is 4.28. The Morgan fingerprint density at radius 2 is 2.05 bits per heavy atom. The minimum Gasteiger partial charge on any atom is -0.496 e. The van der Waals surface area contributed by atoms with Crippen molar-refractivity contribution in [2.45, 2.75) is 13.3 Å². The summed E-state index contributed by atoms with van der Waals surface area (Å²) in [5.41, 5.74) is 1.42. The van der Waals surface area contributed by atoms with Gasteiger partial charge in [-0.2, -0.15) is 0 Å². The van der Waals surface area contributed by atoms with Gasteiger partial charge in [-0.05, 0) is 25.0 Å². The highest BCUT2D eigenvalue weighted by Crippen LogP contribution is 2.18. The number of methoxy groups -OCH3 is 1. The largest absolute Gasteiger partial charge is 0.496 e. The summed E-state index contributed by atoms with van der Waals surface area (Å²) in [6, 6.07) is 7.77. The van der Waals surface area contributed by atoms with Gasteiger partial charge in [0.25, 0.3) is 0 Å². The van der Waals surface area contributed by atoms with E-state index in [1.54, 1.807) is 14.0 Å². The third-order valence-corrected chi connectivity index (χ3v) is 2.84. The molecule has 0 unspecified atom stereocenters. The quantitative estimate of drug-likeness (QED) is 0.898. The van der Waals surface area contributed by atoms with Crippen molar-refractivity contribution in [3.63, 3.8) is 0 Å². The average molecular weight is 261 g/mol. The van der Waals surface area contributed by atoms with Crippen molar-refractivity contribution in [2.24, 2.45) is 0 Å². The number of ether oxygens (including phenoxy) is 1. The zero-order valence-corrected chi connectivity index (χ0v) is 11.0. The second-order valence-electron chi connectivity index (χ2n) is 4.11. The summed E-state index contributed by atoms with van der Waals surface area (Å²) in [7, 11) is 1.64. The fourth-order valence-electron chi connectivity index (χ4n) is 1.81. The number of hydrogen-bond acceptors (Lipinski definition) is 4. The first-order chi connectivity index (χ1) is 9.22. The van der Waals surface area contributed by atoms with E-state index in [2.05, 4.69) is 15.3 Å². The van der Waals surface area contributed by atoms with E-state index in [0.29, 0.717) is 12.2 Å². The molecule has 0 aliphatic heterocycles. The van der Waals surface area contributed by atoms with Gasteiger partial charge in [0.05, 0.1) is 12.8 Å². The molecule has 5 heteroatoms. The SMILES string of the molecule is COc1ccccc1CCNc1ncnc(C)c1F. The second kappa shape index (κ2) is 6.13. The molecule has 2 rings (SSSR count). The van der Waals surface area contributed by atoms with Crippen LogP contribution in [0.2, 0.25) is 0 Å². The van der Waals surface area contributed by atoms with Crippen LogP contribution in [0.15, 0.2) is 30.6 Å². The summed E-state index contributed by atoms with van der Waals surface area (Å²) in [4.78, 5) is 7.67. The smallest absolute Gasteiger partial charge is 0.186 e. The zero-order valence-electron chi connectivity index (χ0n) is 11.0. The molecule has 0 atom stereocenters. The Labute approximate surface area is 111 Å². The van der Waals surface area contributed by atoms with E-state index >= 15 is 0 Å². The molecule has 0 fully saturated rings. The van der Waals surface area contributed by atoms with Crippen LogP contribution in [0.3, 0.4) is 0 Å². The third-order valence-electron chi connectivity index (χ3n) is 2.84. The van der Waals surface area contributed by atoms with Gasteiger partial charge < -0.3 is 10.1 Å². The molecule has 0 aliphatic rings. The Hall–Kier alpha value is -2.17. The van der Waals surface area contributed by atoms with Crippen molar-refractivity contribution in [1.82, 2.24) is 9.97 Å². The molecular weight excluding hydrogens is 245 g/mol. The standard InChI is InChI=1S/C14H16FN3O/c1-10-13(15)14(18-9-17-10)16-8-7-11-5-3-4-6-12(11)19-2/h3-6,9H,7-8H2,1-2H3,(H,16,17,18). The summed E-state index contributed by atoms with van der Waals surface area (Å²) in [5.74, 6) is 0.675. The molecule has 0 bridgehead atoms. The molecule has 0 saturated carbocycles. The Morgan fingerprint density at radius 3 is 2.84 bits per heavy atom. The van der Waals surface area contributed by atoms with Gasteiger partial charge in [-0.15, -0.1) is 0 Å². The predicted molar refractivity (Wildman–Crippen MR) is 71.9 cm³/mol. The lowest BCUT2D eigenvalue weighted by Gasteiger charge is -2.10. The summed E-state index contributed by atoms with van der Waals surface area (Å²) >= 11 is 0. The molecule has 0 amide bonds. The highest BCUT2D eigenvalue weighted by Gasteiger charge is 2.07. The molecule has 0 spiro atoms. The van der Waals surface area contributed by atoms with Crippen LogP contribution in [0.4, 0.5) is 10.2 Å². The molecule has 100 valence electrons. The van der Waals surface area contributed by atoms with Gasteiger partial charge >= 0.3 is 0 Å². The van der Waals surface area contributed by atoms with E-state index in [1.165, 1.54) is 6.33 Å². The van der Waals surface area contributed by atoms with Crippen LogP contribution in [-0.2, 0) is 6.42 Å². The van der Waals surface area contributed by atoms with Gasteiger partial charge in [0, 0.05) is 6.54 Å². The van der Waals surface area contributed by atoms with Gasteiger partial charge in [0.1, 0.15) is 12.1 Å². The number of nitrogens with zero attached hydrogens (tertiary/aromatic N) is 2. The van der Waals surface area contributed by atoms with Crippen LogP contribution >= 0.6 is 0 Å². The van der Waals surface area contributed by atoms with Crippen LogP contribution in [0.1, 0.15) is 11.3 Å². The van der Waals surface area contributed by atoms with Crippen LogP contribution < -0.4 is 10.1 Å². The van der Waals surface area contributed by atoms with Gasteiger partial charge in [0.15, 0.2) is 11.6 Å². The van der Waals surface area contributed by atoms with Crippen molar-refractivity contribution in [1.29, 1.82) is 0 Å². The summed E-state index contributed by atoms with van der Waals surface area (Å²) in [6.45, 7) is 2.19. The molecule has 1 heterocycles. The fraction of sp³-hybridized carbons (Fsp3) is 0.286. The van der Waals surface area contributed by atoms with Gasteiger partial charge in [0.2, 0.25) is 0 Å². The first kappa shape index (κ1) is 13.3. The maximum atomic E-state index is 13.7. The molecule has 4 nitrogen and oxygen atoms in total. The maximum Gasteiger partial charge on any atom is 0.186 e. The highest BCUT2D eigenvalue weighted by atomic mass is 19.1. The van der Waals surface area contributed by atoms with Crippen molar-refractivity contribution < 1.29 is 9.13 Å². The molecule has 1 aromatic carbocycles. The molecule has 0 saturated heterocycles. The number of nitrogens with one attached hydrogen (secondary N) is 1. The fourth-order valence-corrected chi connectivity index (χ4v) is 1.81. The molecule has 0 radical (unpaired) electrons. The summed E-state index contributed by atoms with van der Waals surface area (Å²) in [6.07, 6.45) is 2.08. The third kappa shape index (κ3) is 3.19. The number of anilines is 1. The van der Waals surface area contributed by atoms with Crippen LogP contribution in [0.5, 0.6) is 5.75 Å². The monoisotopic (exact) mass is 261 g/mol. The van der Waals surface area contributed by atoms with Crippen LogP contribution in [0, 0.1) is 12.7 Å². The number of aryl methyl sites for hydroxylation is 1. The van der Waals surface area contributed by atoms with E-state index in [4.69, 9.17) is 4.74 Å². The topological polar surface area (TPSA) is 47.0 Å². The minimum absolute atomic E-state index is 0.238. The molecule has 19 heavy (non-hydrogen) atoms. The van der Waals surface area contributed by atoms with Crippen molar-refractivity contribution in [3.8, 4) is 5.75 Å². The number of para-hydroxylation sites is 1. The normalized spacial score (nSPS) is 10.3. The predicted octanol–water partition coefficient (Wildman–Crippen LogP) is 2.59. The summed E-state index contributed by atoms with van der Waals surface area (Å²) < 4.78 is 18.9.